The highest BCUT2D eigenvalue weighted by Crippen LogP contribution is 2.69. The SMILES string of the molecule is C[C@H]1CS[P@](N(C)C)S1. The zero-order chi connectivity index (χ0) is 6.85. The minimum atomic E-state index is 0.123. The van der Waals surface area contributed by atoms with Crippen molar-refractivity contribution in [3.63, 3.8) is 0 Å². The summed E-state index contributed by atoms with van der Waals surface area (Å²) < 4.78 is 2.34. The molecule has 0 aromatic carbocycles. The Bertz CT molecular complexity index is 99.0. The summed E-state index contributed by atoms with van der Waals surface area (Å²) >= 11 is 4.24. The molecule has 54 valence electrons. The van der Waals surface area contributed by atoms with Crippen molar-refractivity contribution in [1.29, 1.82) is 0 Å². The molecule has 9 heavy (non-hydrogen) atoms. The Morgan fingerprint density at radius 1 is 1.56 bits per heavy atom. The molecule has 1 aliphatic heterocycles. The molecule has 0 spiro atoms. The molecule has 0 bridgehead atoms. The lowest BCUT2D eigenvalue weighted by Gasteiger charge is -2.15. The summed E-state index contributed by atoms with van der Waals surface area (Å²) in [5.74, 6) is 1.34. The predicted molar refractivity (Wildman–Crippen MR) is 50.1 cm³/mol. The third-order valence-corrected chi connectivity index (χ3v) is 9.87. The predicted octanol–water partition coefficient (Wildman–Crippen LogP) is 2.64. The summed E-state index contributed by atoms with van der Waals surface area (Å²) in [4.78, 5) is 0. The van der Waals surface area contributed by atoms with Gasteiger partial charge in [-0.25, -0.2) is 0 Å². The molecule has 0 unspecified atom stereocenters. The molecule has 2 atom stereocenters. The minimum Gasteiger partial charge on any atom is -0.272 e. The van der Waals surface area contributed by atoms with E-state index in [1.165, 1.54) is 5.75 Å². The summed E-state index contributed by atoms with van der Waals surface area (Å²) in [7, 11) is 4.34. The van der Waals surface area contributed by atoms with Crippen molar-refractivity contribution < 1.29 is 0 Å². The normalized spacial score (nSPS) is 36.0. The maximum absolute atomic E-state index is 2.34. The van der Waals surface area contributed by atoms with E-state index in [0.29, 0.717) is 0 Å². The summed E-state index contributed by atoms with van der Waals surface area (Å²) in [6.07, 6.45) is 0. The lowest BCUT2D eigenvalue weighted by Crippen LogP contribution is -1.97. The van der Waals surface area contributed by atoms with Gasteiger partial charge in [0.05, 0.1) is 6.48 Å². The topological polar surface area (TPSA) is 3.24 Å². The van der Waals surface area contributed by atoms with E-state index >= 15 is 0 Å². The highest BCUT2D eigenvalue weighted by atomic mass is 33.1. The van der Waals surface area contributed by atoms with E-state index in [9.17, 15) is 0 Å². The first-order valence-electron chi connectivity index (χ1n) is 2.97. The maximum Gasteiger partial charge on any atom is 0.0873 e. The Hall–Kier alpha value is 1.09. The Morgan fingerprint density at radius 3 is 2.44 bits per heavy atom. The number of nitrogens with zero attached hydrogens (tertiary/aromatic N) is 1. The largest absolute Gasteiger partial charge is 0.272 e. The fourth-order valence-electron chi connectivity index (χ4n) is 0.593. The van der Waals surface area contributed by atoms with E-state index in [1.54, 1.807) is 0 Å². The minimum absolute atomic E-state index is 0.123. The van der Waals surface area contributed by atoms with Crippen molar-refractivity contribution >= 4 is 29.2 Å². The van der Waals surface area contributed by atoms with Crippen molar-refractivity contribution in [3.8, 4) is 0 Å². The van der Waals surface area contributed by atoms with Crippen molar-refractivity contribution in [3.05, 3.63) is 0 Å². The van der Waals surface area contributed by atoms with Crippen LogP contribution in [0.1, 0.15) is 6.92 Å². The maximum atomic E-state index is 2.34. The summed E-state index contributed by atoms with van der Waals surface area (Å²) in [5.41, 5.74) is 0. The molecule has 0 saturated carbocycles. The molecule has 1 fully saturated rings. The van der Waals surface area contributed by atoms with Gasteiger partial charge in [0, 0.05) is 11.0 Å². The van der Waals surface area contributed by atoms with E-state index in [0.717, 1.165) is 5.25 Å². The molecule has 0 amide bonds. The zero-order valence-electron chi connectivity index (χ0n) is 6.00. The van der Waals surface area contributed by atoms with Crippen LogP contribution in [0.2, 0.25) is 0 Å². The van der Waals surface area contributed by atoms with E-state index in [4.69, 9.17) is 0 Å². The summed E-state index contributed by atoms with van der Waals surface area (Å²) in [5, 5.41) is 0.878. The van der Waals surface area contributed by atoms with Crippen molar-refractivity contribution in [1.82, 2.24) is 4.67 Å². The highest BCUT2D eigenvalue weighted by molar-refractivity contribution is 8.89. The lowest BCUT2D eigenvalue weighted by molar-refractivity contribution is 0.698. The third-order valence-electron chi connectivity index (χ3n) is 1.02. The van der Waals surface area contributed by atoms with Gasteiger partial charge in [0.2, 0.25) is 0 Å². The van der Waals surface area contributed by atoms with E-state index in [-0.39, 0.29) is 6.48 Å². The van der Waals surface area contributed by atoms with Gasteiger partial charge in [-0.1, -0.05) is 6.92 Å². The van der Waals surface area contributed by atoms with Crippen molar-refractivity contribution in [2.24, 2.45) is 0 Å². The zero-order valence-corrected chi connectivity index (χ0v) is 8.52. The van der Waals surface area contributed by atoms with Crippen LogP contribution in [0.4, 0.5) is 0 Å². The first-order chi connectivity index (χ1) is 4.20. The van der Waals surface area contributed by atoms with Gasteiger partial charge in [-0.2, -0.15) is 0 Å². The average molecular weight is 181 g/mol. The Kier molecular flexibility index (Phi) is 3.16. The molecule has 1 saturated heterocycles. The molecule has 0 aromatic rings. The van der Waals surface area contributed by atoms with Crippen LogP contribution in [0.3, 0.4) is 0 Å². The van der Waals surface area contributed by atoms with Crippen LogP contribution in [0.25, 0.3) is 0 Å². The van der Waals surface area contributed by atoms with E-state index < -0.39 is 0 Å². The second-order valence-electron chi connectivity index (χ2n) is 2.30. The van der Waals surface area contributed by atoms with Gasteiger partial charge in [-0.05, 0) is 14.1 Å². The van der Waals surface area contributed by atoms with Crippen LogP contribution in [-0.2, 0) is 0 Å². The monoisotopic (exact) mass is 181 g/mol. The van der Waals surface area contributed by atoms with Crippen LogP contribution in [0, 0.1) is 0 Å². The van der Waals surface area contributed by atoms with Gasteiger partial charge in [0.1, 0.15) is 0 Å². The molecule has 1 heterocycles. The van der Waals surface area contributed by atoms with Crippen molar-refractivity contribution in [2.45, 2.75) is 12.2 Å². The molecule has 1 aliphatic rings. The number of rotatable bonds is 1. The van der Waals surface area contributed by atoms with Gasteiger partial charge in [-0.15, -0.1) is 22.8 Å². The first kappa shape index (κ1) is 8.19. The van der Waals surface area contributed by atoms with Gasteiger partial charge in [0.25, 0.3) is 0 Å². The second kappa shape index (κ2) is 3.47. The van der Waals surface area contributed by atoms with Gasteiger partial charge in [0.15, 0.2) is 0 Å². The molecular weight excluding hydrogens is 169 g/mol. The summed E-state index contributed by atoms with van der Waals surface area (Å²) in [6.45, 7) is 2.43. The summed E-state index contributed by atoms with van der Waals surface area (Å²) in [6, 6.07) is 0. The molecule has 0 aromatic heterocycles. The van der Waals surface area contributed by atoms with Crippen molar-refractivity contribution in [2.75, 3.05) is 19.8 Å². The molecule has 0 radical (unpaired) electrons. The molecule has 0 aliphatic carbocycles. The molecule has 4 heteroatoms. The van der Waals surface area contributed by atoms with Gasteiger partial charge < -0.3 is 0 Å². The van der Waals surface area contributed by atoms with Crippen LogP contribution >= 0.6 is 29.2 Å². The second-order valence-corrected chi connectivity index (χ2v) is 9.36. The average Bonchev–Trinajstić information content (AvgIpc) is 2.14. The smallest absolute Gasteiger partial charge is 0.0873 e. The van der Waals surface area contributed by atoms with Crippen LogP contribution < -0.4 is 0 Å². The lowest BCUT2D eigenvalue weighted by atomic mass is 10.6. The standard InChI is InChI=1S/C5H12NPS2/c1-5-4-8-7(9-5)6(2)3/h5H,4H2,1-3H3/t5-,7-/m0/s1. The molecule has 0 N–H and O–H groups in total. The van der Waals surface area contributed by atoms with Crippen LogP contribution in [-0.4, -0.2) is 29.8 Å². The molecular formula is C5H12NPS2. The molecule has 1 rings (SSSR count). The Morgan fingerprint density at radius 2 is 2.22 bits per heavy atom. The highest BCUT2D eigenvalue weighted by Gasteiger charge is 2.24. The number of hydrogen-bond donors (Lipinski definition) is 0. The Labute approximate surface area is 66.3 Å². The quantitative estimate of drug-likeness (QED) is 0.572. The van der Waals surface area contributed by atoms with Gasteiger partial charge >= 0.3 is 0 Å². The first-order valence-corrected chi connectivity index (χ1v) is 7.34. The fraction of sp³-hybridized carbons (Fsp3) is 1.00. The van der Waals surface area contributed by atoms with E-state index in [2.05, 4.69) is 48.5 Å². The van der Waals surface area contributed by atoms with Crippen LogP contribution in [0.5, 0.6) is 0 Å². The van der Waals surface area contributed by atoms with Gasteiger partial charge in [-0.3, -0.25) is 4.67 Å². The van der Waals surface area contributed by atoms with Crippen LogP contribution in [0.15, 0.2) is 0 Å². The van der Waals surface area contributed by atoms with E-state index in [1.807, 2.05) is 0 Å². The Balaban J connectivity index is 2.30. The molecule has 1 nitrogen and oxygen atoms in total. The number of hydrogen-bond acceptors (Lipinski definition) is 3. The fourth-order valence-corrected chi connectivity index (χ4v) is 8.85. The third kappa shape index (κ3) is 2.30.